The van der Waals surface area contributed by atoms with Gasteiger partial charge < -0.3 is 10.0 Å². The topological polar surface area (TPSA) is 83.3 Å². The number of phenolic OH excluding ortho intramolecular Hbond substituents is 1. The summed E-state index contributed by atoms with van der Waals surface area (Å²) in [5.41, 5.74) is 1.02. The van der Waals surface area contributed by atoms with Gasteiger partial charge in [0.05, 0.1) is 6.04 Å². The zero-order valence-electron chi connectivity index (χ0n) is 11.7. The summed E-state index contributed by atoms with van der Waals surface area (Å²) in [6.07, 6.45) is 3.40. The van der Waals surface area contributed by atoms with Gasteiger partial charge in [0.25, 0.3) is 0 Å². The van der Waals surface area contributed by atoms with Crippen LogP contribution in [0.25, 0.3) is 0 Å². The number of urea groups is 1. The molecule has 2 amide bonds. The van der Waals surface area contributed by atoms with Crippen molar-refractivity contribution in [1.82, 2.24) is 19.7 Å². The van der Waals surface area contributed by atoms with E-state index < -0.39 is 0 Å². The van der Waals surface area contributed by atoms with Gasteiger partial charge in [-0.25, -0.2) is 9.78 Å². The van der Waals surface area contributed by atoms with E-state index in [2.05, 4.69) is 15.4 Å². The Bertz CT molecular complexity index is 637. The maximum atomic E-state index is 12.4. The molecule has 1 atom stereocenters. The van der Waals surface area contributed by atoms with Gasteiger partial charge in [-0.2, -0.15) is 0 Å². The standard InChI is InChI=1S/C14H17N5O2/c1-18-9-15-13(17-18)16-14(21)19-8-2-3-12(19)10-4-6-11(20)7-5-10/h4-7,9,12,20H,2-3,8H2,1H3,(H,16,17,21). The van der Waals surface area contributed by atoms with Crippen LogP contribution in [0.5, 0.6) is 5.75 Å². The smallest absolute Gasteiger partial charge is 0.324 e. The van der Waals surface area contributed by atoms with Crippen molar-refractivity contribution in [3.8, 4) is 5.75 Å². The van der Waals surface area contributed by atoms with Crippen molar-refractivity contribution in [2.75, 3.05) is 11.9 Å². The Labute approximate surface area is 122 Å². The van der Waals surface area contributed by atoms with Gasteiger partial charge in [0.15, 0.2) is 0 Å². The number of hydrogen-bond donors (Lipinski definition) is 2. The second-order valence-corrected chi connectivity index (χ2v) is 5.11. The van der Waals surface area contributed by atoms with Gasteiger partial charge >= 0.3 is 6.03 Å². The molecule has 0 spiro atoms. The zero-order valence-corrected chi connectivity index (χ0v) is 11.7. The first-order valence-electron chi connectivity index (χ1n) is 6.85. The molecule has 21 heavy (non-hydrogen) atoms. The third-order valence-electron chi connectivity index (χ3n) is 3.61. The number of nitrogens with one attached hydrogen (secondary N) is 1. The van der Waals surface area contributed by atoms with Crippen molar-refractivity contribution in [2.24, 2.45) is 7.05 Å². The molecule has 1 aliphatic heterocycles. The van der Waals surface area contributed by atoms with Gasteiger partial charge in [0.2, 0.25) is 5.95 Å². The van der Waals surface area contributed by atoms with Crippen LogP contribution in [0.15, 0.2) is 30.6 Å². The zero-order chi connectivity index (χ0) is 14.8. The fourth-order valence-electron chi connectivity index (χ4n) is 2.62. The quantitative estimate of drug-likeness (QED) is 0.883. The second-order valence-electron chi connectivity index (χ2n) is 5.11. The summed E-state index contributed by atoms with van der Waals surface area (Å²) < 4.78 is 1.54. The Morgan fingerprint density at radius 3 is 2.81 bits per heavy atom. The minimum Gasteiger partial charge on any atom is -0.508 e. The molecule has 0 bridgehead atoms. The van der Waals surface area contributed by atoms with Crippen LogP contribution in [0.1, 0.15) is 24.4 Å². The van der Waals surface area contributed by atoms with E-state index in [4.69, 9.17) is 0 Å². The molecular weight excluding hydrogens is 270 g/mol. The molecule has 7 heteroatoms. The maximum Gasteiger partial charge on any atom is 0.324 e. The van der Waals surface area contributed by atoms with Gasteiger partial charge in [-0.3, -0.25) is 10.00 Å². The van der Waals surface area contributed by atoms with Crippen molar-refractivity contribution < 1.29 is 9.90 Å². The highest BCUT2D eigenvalue weighted by Crippen LogP contribution is 2.32. The molecule has 3 rings (SSSR count). The van der Waals surface area contributed by atoms with Crippen molar-refractivity contribution in [3.05, 3.63) is 36.2 Å². The van der Waals surface area contributed by atoms with Crippen LogP contribution in [0.2, 0.25) is 0 Å². The number of aryl methyl sites for hydroxylation is 1. The SMILES string of the molecule is Cn1cnc(NC(=O)N2CCCC2c2ccc(O)cc2)n1. The van der Waals surface area contributed by atoms with Crippen LogP contribution in [0.4, 0.5) is 10.7 Å². The highest BCUT2D eigenvalue weighted by atomic mass is 16.3. The number of carbonyl (C=O) groups is 1. The van der Waals surface area contributed by atoms with Crippen LogP contribution in [-0.2, 0) is 7.05 Å². The Hall–Kier alpha value is -2.57. The van der Waals surface area contributed by atoms with E-state index in [9.17, 15) is 9.90 Å². The highest BCUT2D eigenvalue weighted by Gasteiger charge is 2.30. The van der Waals surface area contributed by atoms with Gasteiger partial charge in [-0.05, 0) is 30.5 Å². The minimum atomic E-state index is -0.197. The molecule has 1 unspecified atom stereocenters. The summed E-state index contributed by atoms with van der Waals surface area (Å²) in [6.45, 7) is 0.699. The number of phenols is 1. The van der Waals surface area contributed by atoms with Crippen LogP contribution in [-0.4, -0.2) is 37.3 Å². The molecule has 2 heterocycles. The molecule has 1 fully saturated rings. The number of rotatable bonds is 2. The van der Waals surface area contributed by atoms with E-state index in [0.717, 1.165) is 18.4 Å². The molecule has 0 radical (unpaired) electrons. The average molecular weight is 287 g/mol. The summed E-state index contributed by atoms with van der Waals surface area (Å²) in [7, 11) is 1.75. The van der Waals surface area contributed by atoms with E-state index in [0.29, 0.717) is 12.5 Å². The lowest BCUT2D eigenvalue weighted by molar-refractivity contribution is 0.207. The third kappa shape index (κ3) is 2.81. The predicted octanol–water partition coefficient (Wildman–Crippen LogP) is 1.89. The molecule has 2 aromatic rings. The third-order valence-corrected chi connectivity index (χ3v) is 3.61. The van der Waals surface area contributed by atoms with E-state index >= 15 is 0 Å². The van der Waals surface area contributed by atoms with Crippen molar-refractivity contribution >= 4 is 12.0 Å². The summed E-state index contributed by atoms with van der Waals surface area (Å²) >= 11 is 0. The molecule has 1 saturated heterocycles. The van der Waals surface area contributed by atoms with E-state index in [1.807, 2.05) is 12.1 Å². The molecular formula is C14H17N5O2. The first-order chi connectivity index (χ1) is 10.1. The number of benzene rings is 1. The molecule has 7 nitrogen and oxygen atoms in total. The first-order valence-corrected chi connectivity index (χ1v) is 6.85. The van der Waals surface area contributed by atoms with Crippen molar-refractivity contribution in [3.63, 3.8) is 0 Å². The molecule has 1 aromatic carbocycles. The number of anilines is 1. The van der Waals surface area contributed by atoms with Crippen LogP contribution in [0, 0.1) is 0 Å². The number of carbonyl (C=O) groups excluding carboxylic acids is 1. The van der Waals surface area contributed by atoms with Crippen LogP contribution >= 0.6 is 0 Å². The van der Waals surface area contributed by atoms with Crippen molar-refractivity contribution in [2.45, 2.75) is 18.9 Å². The van der Waals surface area contributed by atoms with Gasteiger partial charge in [0.1, 0.15) is 12.1 Å². The Kier molecular flexibility index (Phi) is 3.47. The van der Waals surface area contributed by atoms with Gasteiger partial charge in [-0.15, -0.1) is 5.10 Å². The van der Waals surface area contributed by atoms with E-state index in [-0.39, 0.29) is 17.8 Å². The number of hydrogen-bond acceptors (Lipinski definition) is 4. The molecule has 2 N–H and O–H groups in total. The first kappa shape index (κ1) is 13.4. The number of aromatic hydroxyl groups is 1. The molecule has 0 saturated carbocycles. The Morgan fingerprint density at radius 1 is 1.38 bits per heavy atom. The summed E-state index contributed by atoms with van der Waals surface area (Å²) in [5, 5.41) is 16.1. The highest BCUT2D eigenvalue weighted by molar-refractivity contribution is 5.87. The maximum absolute atomic E-state index is 12.4. The van der Waals surface area contributed by atoms with E-state index in [1.165, 1.54) is 11.0 Å². The molecule has 0 aliphatic carbocycles. The summed E-state index contributed by atoms with van der Waals surface area (Å²) in [6, 6.07) is 6.81. The lowest BCUT2D eigenvalue weighted by Crippen LogP contribution is -2.34. The number of aromatic nitrogens is 3. The number of nitrogens with zero attached hydrogens (tertiary/aromatic N) is 4. The second kappa shape index (κ2) is 5.43. The van der Waals surface area contributed by atoms with Crippen LogP contribution < -0.4 is 5.32 Å². The number of likely N-dealkylation sites (tertiary alicyclic amines) is 1. The number of amides is 2. The Balaban J connectivity index is 1.74. The average Bonchev–Trinajstić information content (AvgIpc) is 3.09. The largest absolute Gasteiger partial charge is 0.508 e. The monoisotopic (exact) mass is 287 g/mol. The summed E-state index contributed by atoms with van der Waals surface area (Å²) in [5.74, 6) is 0.532. The lowest BCUT2D eigenvalue weighted by atomic mass is 10.0. The van der Waals surface area contributed by atoms with Gasteiger partial charge in [-0.1, -0.05) is 12.1 Å². The molecule has 1 aliphatic rings. The minimum absolute atomic E-state index is 0.0225. The van der Waals surface area contributed by atoms with Crippen LogP contribution in [0.3, 0.4) is 0 Å². The van der Waals surface area contributed by atoms with Gasteiger partial charge in [0, 0.05) is 13.6 Å². The Morgan fingerprint density at radius 2 is 2.14 bits per heavy atom. The fourth-order valence-corrected chi connectivity index (χ4v) is 2.62. The normalized spacial score (nSPS) is 18.0. The predicted molar refractivity (Wildman–Crippen MR) is 76.8 cm³/mol. The van der Waals surface area contributed by atoms with Crippen molar-refractivity contribution in [1.29, 1.82) is 0 Å². The summed E-state index contributed by atoms with van der Waals surface area (Å²) in [4.78, 5) is 18.1. The molecule has 1 aromatic heterocycles. The fraction of sp³-hybridized carbons (Fsp3) is 0.357. The molecule has 110 valence electrons. The van der Waals surface area contributed by atoms with E-state index in [1.54, 1.807) is 24.1 Å². The lowest BCUT2D eigenvalue weighted by Gasteiger charge is -2.24.